The number of aromatic amines is 1. The summed E-state index contributed by atoms with van der Waals surface area (Å²) in [5, 5.41) is 0. The van der Waals surface area contributed by atoms with Crippen molar-refractivity contribution in [2.75, 3.05) is 6.61 Å². The van der Waals surface area contributed by atoms with Crippen molar-refractivity contribution in [3.05, 3.63) is 57.9 Å². The third-order valence-corrected chi connectivity index (χ3v) is 4.18. The zero-order valence-electron chi connectivity index (χ0n) is 15.6. The second-order valence-corrected chi connectivity index (χ2v) is 6.07. The number of ether oxygens (including phenoxy) is 2. The van der Waals surface area contributed by atoms with Crippen molar-refractivity contribution < 1.29 is 23.9 Å². The number of H-pyrrole nitrogens is 1. The molecule has 6 heteroatoms. The molecule has 1 aromatic carbocycles. The van der Waals surface area contributed by atoms with Crippen LogP contribution in [0.4, 0.5) is 0 Å². The number of Topliss-reactive ketones (excluding diaryl/α,β-unsaturated/α-hetero) is 1. The fraction of sp³-hybridized carbons (Fsp3) is 0.350. The normalized spacial score (nSPS) is 11.7. The molecule has 2 rings (SSSR count). The van der Waals surface area contributed by atoms with E-state index in [9.17, 15) is 14.4 Å². The first-order valence-electron chi connectivity index (χ1n) is 8.45. The first kappa shape index (κ1) is 19.4. The van der Waals surface area contributed by atoms with Gasteiger partial charge in [-0.15, -0.1) is 0 Å². The largest absolute Gasteiger partial charge is 0.462 e. The Morgan fingerprint density at radius 3 is 2.35 bits per heavy atom. The van der Waals surface area contributed by atoms with Gasteiger partial charge in [-0.05, 0) is 51.8 Å². The molecule has 1 aromatic heterocycles. The average Bonchev–Trinajstić information content (AvgIpc) is 2.89. The van der Waals surface area contributed by atoms with Crippen molar-refractivity contribution in [3.63, 3.8) is 0 Å². The number of aromatic nitrogens is 1. The second kappa shape index (κ2) is 7.99. The number of ketones is 1. The zero-order valence-corrected chi connectivity index (χ0v) is 15.6. The van der Waals surface area contributed by atoms with Crippen LogP contribution in [0.25, 0.3) is 0 Å². The Labute approximate surface area is 152 Å². The summed E-state index contributed by atoms with van der Waals surface area (Å²) >= 11 is 0. The Balaban J connectivity index is 2.21. The van der Waals surface area contributed by atoms with E-state index in [1.165, 1.54) is 6.92 Å². The third kappa shape index (κ3) is 3.85. The van der Waals surface area contributed by atoms with Crippen molar-refractivity contribution in [1.82, 2.24) is 4.98 Å². The van der Waals surface area contributed by atoms with E-state index in [2.05, 4.69) is 4.98 Å². The van der Waals surface area contributed by atoms with Gasteiger partial charge in [-0.3, -0.25) is 4.79 Å². The van der Waals surface area contributed by atoms with Crippen LogP contribution in [0.15, 0.2) is 24.3 Å². The first-order valence-corrected chi connectivity index (χ1v) is 8.45. The number of rotatable bonds is 6. The number of hydrogen-bond acceptors (Lipinski definition) is 5. The number of benzene rings is 1. The molecule has 6 nitrogen and oxygen atoms in total. The highest BCUT2D eigenvalue weighted by Gasteiger charge is 2.28. The van der Waals surface area contributed by atoms with Gasteiger partial charge in [0.15, 0.2) is 6.10 Å². The maximum absolute atomic E-state index is 12.7. The standard InChI is InChI=1S/C20H23NO5/c1-6-25-20(24)16-12(3)17(21-13(16)4)18(22)14(5)26-19(23)15-10-8-7-9-11(15)2/h7-10,14,21H,6H2,1-5H3. The predicted molar refractivity (Wildman–Crippen MR) is 96.6 cm³/mol. The quantitative estimate of drug-likeness (QED) is 0.631. The lowest BCUT2D eigenvalue weighted by Gasteiger charge is -2.13. The molecule has 138 valence electrons. The van der Waals surface area contributed by atoms with Gasteiger partial charge in [0, 0.05) is 5.69 Å². The molecule has 26 heavy (non-hydrogen) atoms. The second-order valence-electron chi connectivity index (χ2n) is 6.07. The van der Waals surface area contributed by atoms with Gasteiger partial charge >= 0.3 is 11.9 Å². The molecule has 0 aliphatic carbocycles. The van der Waals surface area contributed by atoms with Crippen molar-refractivity contribution in [1.29, 1.82) is 0 Å². The molecule has 1 unspecified atom stereocenters. The van der Waals surface area contributed by atoms with E-state index in [-0.39, 0.29) is 12.3 Å². The first-order chi connectivity index (χ1) is 12.3. The smallest absolute Gasteiger partial charge is 0.340 e. The lowest BCUT2D eigenvalue weighted by Crippen LogP contribution is -2.25. The van der Waals surface area contributed by atoms with E-state index in [0.29, 0.717) is 22.4 Å². The van der Waals surface area contributed by atoms with Crippen molar-refractivity contribution in [3.8, 4) is 0 Å². The van der Waals surface area contributed by atoms with Gasteiger partial charge in [-0.1, -0.05) is 18.2 Å². The van der Waals surface area contributed by atoms with Gasteiger partial charge in [0.05, 0.1) is 23.4 Å². The number of aryl methyl sites for hydroxylation is 2. The van der Waals surface area contributed by atoms with E-state index in [0.717, 1.165) is 5.56 Å². The molecule has 0 amide bonds. The van der Waals surface area contributed by atoms with Crippen molar-refractivity contribution in [2.45, 2.75) is 40.7 Å². The SMILES string of the molecule is CCOC(=O)c1c(C)[nH]c(C(=O)C(C)OC(=O)c2ccccc2C)c1C. The summed E-state index contributed by atoms with van der Waals surface area (Å²) in [4.78, 5) is 40.0. The van der Waals surface area contributed by atoms with E-state index in [1.807, 2.05) is 6.07 Å². The summed E-state index contributed by atoms with van der Waals surface area (Å²) in [6.45, 7) is 8.63. The number of nitrogens with one attached hydrogen (secondary N) is 1. The van der Waals surface area contributed by atoms with E-state index < -0.39 is 23.8 Å². The molecular weight excluding hydrogens is 334 g/mol. The maximum Gasteiger partial charge on any atom is 0.340 e. The minimum absolute atomic E-state index is 0.246. The molecule has 0 spiro atoms. The van der Waals surface area contributed by atoms with Crippen LogP contribution >= 0.6 is 0 Å². The molecular formula is C20H23NO5. The highest BCUT2D eigenvalue weighted by Crippen LogP contribution is 2.21. The minimum atomic E-state index is -0.992. The summed E-state index contributed by atoms with van der Waals surface area (Å²) in [5.74, 6) is -1.44. The average molecular weight is 357 g/mol. The van der Waals surface area contributed by atoms with E-state index in [4.69, 9.17) is 9.47 Å². The zero-order chi connectivity index (χ0) is 19.4. The fourth-order valence-corrected chi connectivity index (χ4v) is 2.79. The highest BCUT2D eigenvalue weighted by molar-refractivity contribution is 6.04. The van der Waals surface area contributed by atoms with Gasteiger partial charge < -0.3 is 14.5 Å². The summed E-state index contributed by atoms with van der Waals surface area (Å²) in [6.07, 6.45) is -0.992. The Hall–Kier alpha value is -2.89. The van der Waals surface area contributed by atoms with Crippen LogP contribution in [0, 0.1) is 20.8 Å². The summed E-state index contributed by atoms with van der Waals surface area (Å²) in [5.41, 5.74) is 2.81. The summed E-state index contributed by atoms with van der Waals surface area (Å²) in [7, 11) is 0. The van der Waals surface area contributed by atoms with Crippen LogP contribution in [0.2, 0.25) is 0 Å². The molecule has 1 heterocycles. The van der Waals surface area contributed by atoms with E-state index >= 15 is 0 Å². The topological polar surface area (TPSA) is 85.5 Å². The molecule has 0 fully saturated rings. The van der Waals surface area contributed by atoms with Crippen molar-refractivity contribution in [2.24, 2.45) is 0 Å². The maximum atomic E-state index is 12.7. The molecule has 0 saturated carbocycles. The molecule has 0 bridgehead atoms. The van der Waals surface area contributed by atoms with Crippen LogP contribution < -0.4 is 0 Å². The molecule has 1 atom stereocenters. The van der Waals surface area contributed by atoms with Gasteiger partial charge in [-0.25, -0.2) is 9.59 Å². The molecule has 0 aliphatic heterocycles. The lowest BCUT2D eigenvalue weighted by molar-refractivity contribution is 0.0316. The van der Waals surface area contributed by atoms with Crippen molar-refractivity contribution >= 4 is 17.7 Å². The lowest BCUT2D eigenvalue weighted by atomic mass is 10.1. The Kier molecular flexibility index (Phi) is 5.97. The number of hydrogen-bond donors (Lipinski definition) is 1. The van der Waals surface area contributed by atoms with E-state index in [1.54, 1.807) is 45.9 Å². The Bertz CT molecular complexity index is 850. The van der Waals surface area contributed by atoms with Gasteiger partial charge in [0.2, 0.25) is 5.78 Å². The Morgan fingerprint density at radius 2 is 1.73 bits per heavy atom. The van der Waals surface area contributed by atoms with Crippen LogP contribution in [-0.4, -0.2) is 35.4 Å². The van der Waals surface area contributed by atoms with Crippen LogP contribution in [0.3, 0.4) is 0 Å². The van der Waals surface area contributed by atoms with Gasteiger partial charge in [0.25, 0.3) is 0 Å². The molecule has 0 aliphatic rings. The molecule has 0 radical (unpaired) electrons. The molecule has 1 N–H and O–H groups in total. The van der Waals surface area contributed by atoms with Crippen LogP contribution in [-0.2, 0) is 9.47 Å². The molecule has 0 saturated heterocycles. The summed E-state index contributed by atoms with van der Waals surface area (Å²) in [6, 6.07) is 7.01. The van der Waals surface area contributed by atoms with Gasteiger partial charge in [-0.2, -0.15) is 0 Å². The highest BCUT2D eigenvalue weighted by atomic mass is 16.5. The monoisotopic (exact) mass is 357 g/mol. The van der Waals surface area contributed by atoms with Gasteiger partial charge in [0.1, 0.15) is 0 Å². The number of carbonyl (C=O) groups is 3. The predicted octanol–water partition coefficient (Wildman–Crippen LogP) is 3.54. The fourth-order valence-electron chi connectivity index (χ4n) is 2.79. The number of esters is 2. The Morgan fingerprint density at radius 1 is 1.08 bits per heavy atom. The third-order valence-electron chi connectivity index (χ3n) is 4.18. The summed E-state index contributed by atoms with van der Waals surface area (Å²) < 4.78 is 10.3. The number of carbonyl (C=O) groups excluding carboxylic acids is 3. The molecule has 2 aromatic rings. The van der Waals surface area contributed by atoms with Crippen LogP contribution in [0.1, 0.15) is 61.9 Å². The van der Waals surface area contributed by atoms with Crippen LogP contribution in [0.5, 0.6) is 0 Å². The minimum Gasteiger partial charge on any atom is -0.462 e.